The zero-order chi connectivity index (χ0) is 19.3. The molecule has 0 unspecified atom stereocenters. The van der Waals surface area contributed by atoms with Crippen molar-refractivity contribution in [2.75, 3.05) is 0 Å². The Balaban J connectivity index is 1.28. The number of carbonyl (C=O) groups is 1. The monoisotopic (exact) mass is 374 g/mol. The average Bonchev–Trinajstić information content (AvgIpc) is 3.27. The highest BCUT2D eigenvalue weighted by atomic mass is 16.5. The second-order valence-corrected chi connectivity index (χ2v) is 7.06. The van der Waals surface area contributed by atoms with Crippen LogP contribution in [0, 0.1) is 5.92 Å². The van der Waals surface area contributed by atoms with Gasteiger partial charge < -0.3 is 9.15 Å². The number of carbonyl (C=O) groups excluding carboxylic acids is 1. The first-order valence-electron chi connectivity index (χ1n) is 9.39. The first-order chi connectivity index (χ1) is 13.7. The van der Waals surface area contributed by atoms with Crippen molar-refractivity contribution in [1.29, 1.82) is 0 Å². The van der Waals surface area contributed by atoms with Crippen LogP contribution in [0.5, 0.6) is 5.75 Å². The lowest BCUT2D eigenvalue weighted by molar-refractivity contribution is 0.0955. The van der Waals surface area contributed by atoms with Gasteiger partial charge in [0, 0.05) is 11.5 Å². The predicted molar refractivity (Wildman–Crippen MR) is 108 cm³/mol. The molecule has 1 fully saturated rings. The number of hydrogen-bond acceptors (Lipinski definition) is 4. The fraction of sp³-hybridized carbons (Fsp3) is 0.217. The number of hydrogen-bond donors (Lipinski definition) is 1. The summed E-state index contributed by atoms with van der Waals surface area (Å²) in [5.41, 5.74) is 4.05. The summed E-state index contributed by atoms with van der Waals surface area (Å²) in [6.45, 7) is 2.66. The van der Waals surface area contributed by atoms with E-state index >= 15 is 0 Å². The number of nitrogens with zero attached hydrogens (tertiary/aromatic N) is 1. The van der Waals surface area contributed by atoms with Crippen molar-refractivity contribution in [3.63, 3.8) is 0 Å². The smallest absolute Gasteiger partial charge is 0.271 e. The van der Waals surface area contributed by atoms with Gasteiger partial charge in [-0.25, -0.2) is 5.43 Å². The fourth-order valence-electron chi connectivity index (χ4n) is 3.01. The van der Waals surface area contributed by atoms with Gasteiger partial charge in [0.15, 0.2) is 0 Å². The van der Waals surface area contributed by atoms with E-state index in [0.717, 1.165) is 17.1 Å². The number of amides is 1. The third-order valence-corrected chi connectivity index (χ3v) is 4.85. The molecule has 2 aromatic carbocycles. The largest absolute Gasteiger partial charge is 0.489 e. The fourth-order valence-corrected chi connectivity index (χ4v) is 3.01. The maximum Gasteiger partial charge on any atom is 0.271 e. The molecule has 1 aromatic heterocycles. The molecule has 1 aliphatic rings. The molecule has 5 heteroatoms. The number of rotatable bonds is 7. The SMILES string of the molecule is C[C@@H]1C[C@@H]1c1ccc(/C=N\NC(=O)c2ccc(COc3ccccc3)cc2)o1. The van der Waals surface area contributed by atoms with Gasteiger partial charge in [0.2, 0.25) is 0 Å². The molecule has 3 aromatic rings. The third kappa shape index (κ3) is 4.49. The topological polar surface area (TPSA) is 63.8 Å². The molecule has 0 saturated heterocycles. The average molecular weight is 374 g/mol. The van der Waals surface area contributed by atoms with Crippen LogP contribution >= 0.6 is 0 Å². The molecule has 0 radical (unpaired) electrons. The Morgan fingerprint density at radius 2 is 1.89 bits per heavy atom. The summed E-state index contributed by atoms with van der Waals surface area (Å²) in [5.74, 6) is 3.40. The van der Waals surface area contributed by atoms with Crippen LogP contribution in [0.3, 0.4) is 0 Å². The number of nitrogens with one attached hydrogen (secondary N) is 1. The minimum atomic E-state index is -0.269. The van der Waals surface area contributed by atoms with E-state index in [9.17, 15) is 4.79 Å². The van der Waals surface area contributed by atoms with E-state index in [0.29, 0.717) is 29.8 Å². The molecule has 0 spiro atoms. The van der Waals surface area contributed by atoms with Gasteiger partial charge in [0.05, 0.1) is 6.21 Å². The minimum absolute atomic E-state index is 0.269. The van der Waals surface area contributed by atoms with Crippen molar-refractivity contribution in [2.24, 2.45) is 11.0 Å². The van der Waals surface area contributed by atoms with Crippen LogP contribution in [-0.4, -0.2) is 12.1 Å². The zero-order valence-electron chi connectivity index (χ0n) is 15.7. The molecule has 2 atom stereocenters. The van der Waals surface area contributed by atoms with Crippen molar-refractivity contribution in [1.82, 2.24) is 5.43 Å². The van der Waals surface area contributed by atoms with Gasteiger partial charge in [0.1, 0.15) is 23.9 Å². The Labute approximate surface area is 164 Å². The molecule has 4 rings (SSSR count). The van der Waals surface area contributed by atoms with Gasteiger partial charge in [-0.05, 0) is 54.3 Å². The lowest BCUT2D eigenvalue weighted by Gasteiger charge is -2.06. The standard InChI is InChI=1S/C23H22N2O3/c1-16-13-21(16)22-12-11-20(28-22)14-24-25-23(26)18-9-7-17(8-10-18)15-27-19-5-3-2-4-6-19/h2-12,14,16,21H,13,15H2,1H3,(H,25,26)/b24-14-/t16-,21+/m1/s1. The number of benzene rings is 2. The van der Waals surface area contributed by atoms with Crippen molar-refractivity contribution >= 4 is 12.1 Å². The molecule has 1 aliphatic carbocycles. The Bertz CT molecular complexity index is 961. The van der Waals surface area contributed by atoms with Crippen LogP contribution < -0.4 is 10.2 Å². The number of furan rings is 1. The summed E-state index contributed by atoms with van der Waals surface area (Å²) in [6, 6.07) is 20.7. The highest BCUT2D eigenvalue weighted by Gasteiger charge is 2.36. The summed E-state index contributed by atoms with van der Waals surface area (Å²) in [5, 5.41) is 3.99. The number of para-hydroxylation sites is 1. The molecule has 1 saturated carbocycles. The van der Waals surface area contributed by atoms with Crippen molar-refractivity contribution in [2.45, 2.75) is 25.9 Å². The van der Waals surface area contributed by atoms with E-state index in [-0.39, 0.29) is 5.91 Å². The maximum atomic E-state index is 12.2. The summed E-state index contributed by atoms with van der Waals surface area (Å²) < 4.78 is 11.4. The summed E-state index contributed by atoms with van der Waals surface area (Å²) >= 11 is 0. The molecule has 1 amide bonds. The quantitative estimate of drug-likeness (QED) is 0.480. The van der Waals surface area contributed by atoms with Crippen LogP contribution in [-0.2, 0) is 6.61 Å². The third-order valence-electron chi connectivity index (χ3n) is 4.85. The molecule has 1 heterocycles. The van der Waals surface area contributed by atoms with E-state index in [4.69, 9.17) is 9.15 Å². The predicted octanol–water partition coefficient (Wildman–Crippen LogP) is 4.75. The van der Waals surface area contributed by atoms with E-state index in [2.05, 4.69) is 17.5 Å². The van der Waals surface area contributed by atoms with Gasteiger partial charge in [-0.15, -0.1) is 0 Å². The number of hydrazone groups is 1. The van der Waals surface area contributed by atoms with E-state index < -0.39 is 0 Å². The van der Waals surface area contributed by atoms with Gasteiger partial charge in [0.25, 0.3) is 5.91 Å². The minimum Gasteiger partial charge on any atom is -0.489 e. The lowest BCUT2D eigenvalue weighted by atomic mass is 10.1. The van der Waals surface area contributed by atoms with Gasteiger partial charge in [-0.1, -0.05) is 37.3 Å². The van der Waals surface area contributed by atoms with E-state index in [1.54, 1.807) is 12.1 Å². The van der Waals surface area contributed by atoms with Crippen LogP contribution in [0.15, 0.2) is 76.2 Å². The normalized spacial score (nSPS) is 18.2. The molecule has 5 nitrogen and oxygen atoms in total. The van der Waals surface area contributed by atoms with Gasteiger partial charge in [-0.2, -0.15) is 5.10 Å². The lowest BCUT2D eigenvalue weighted by Crippen LogP contribution is -2.17. The molecule has 0 aliphatic heterocycles. The Hall–Kier alpha value is -3.34. The maximum absolute atomic E-state index is 12.2. The summed E-state index contributed by atoms with van der Waals surface area (Å²) in [7, 11) is 0. The Morgan fingerprint density at radius 3 is 2.61 bits per heavy atom. The molecular weight excluding hydrogens is 352 g/mol. The molecule has 28 heavy (non-hydrogen) atoms. The second kappa shape index (κ2) is 8.13. The van der Waals surface area contributed by atoms with Gasteiger partial charge >= 0.3 is 0 Å². The van der Waals surface area contributed by atoms with E-state index in [1.165, 1.54) is 12.6 Å². The van der Waals surface area contributed by atoms with Crippen molar-refractivity contribution < 1.29 is 13.9 Å². The Morgan fingerprint density at radius 1 is 1.14 bits per heavy atom. The van der Waals surface area contributed by atoms with Crippen LogP contribution in [0.2, 0.25) is 0 Å². The molecular formula is C23H22N2O3. The van der Waals surface area contributed by atoms with Gasteiger partial charge in [-0.3, -0.25) is 4.79 Å². The van der Waals surface area contributed by atoms with Crippen molar-refractivity contribution in [3.8, 4) is 5.75 Å². The first-order valence-corrected chi connectivity index (χ1v) is 9.39. The molecule has 1 N–H and O–H groups in total. The first kappa shape index (κ1) is 18.0. The van der Waals surface area contributed by atoms with Crippen molar-refractivity contribution in [3.05, 3.63) is 89.4 Å². The summed E-state index contributed by atoms with van der Waals surface area (Å²) in [6.07, 6.45) is 2.70. The molecule has 0 bridgehead atoms. The molecule has 142 valence electrons. The van der Waals surface area contributed by atoms with E-state index in [1.807, 2.05) is 54.6 Å². The summed E-state index contributed by atoms with van der Waals surface area (Å²) in [4.78, 5) is 12.2. The zero-order valence-corrected chi connectivity index (χ0v) is 15.7. The van der Waals surface area contributed by atoms with Crippen LogP contribution in [0.25, 0.3) is 0 Å². The second-order valence-electron chi connectivity index (χ2n) is 7.06. The highest BCUT2D eigenvalue weighted by molar-refractivity contribution is 5.94. The highest BCUT2D eigenvalue weighted by Crippen LogP contribution is 2.47. The van der Waals surface area contributed by atoms with Crippen LogP contribution in [0.4, 0.5) is 0 Å². The Kier molecular flexibility index (Phi) is 5.24. The number of ether oxygens (including phenoxy) is 1. The van der Waals surface area contributed by atoms with Crippen LogP contribution in [0.1, 0.15) is 46.7 Å².